The zero-order valence-electron chi connectivity index (χ0n) is 11.4. The third-order valence-electron chi connectivity index (χ3n) is 3.38. The fourth-order valence-electron chi connectivity index (χ4n) is 2.04. The van der Waals surface area contributed by atoms with Gasteiger partial charge >= 0.3 is 0 Å². The van der Waals surface area contributed by atoms with Gasteiger partial charge in [-0.3, -0.25) is 4.79 Å². The SMILES string of the molecule is Cc1nc(C2CC2)ncc1C(=O)Nc1cccc(Cl)c1Cl. The Bertz CT molecular complexity index is 714. The summed E-state index contributed by atoms with van der Waals surface area (Å²) in [7, 11) is 0. The number of amides is 1. The van der Waals surface area contributed by atoms with Crippen LogP contribution in [0.2, 0.25) is 10.0 Å². The first-order valence-electron chi connectivity index (χ1n) is 6.65. The van der Waals surface area contributed by atoms with Crippen molar-refractivity contribution in [2.45, 2.75) is 25.7 Å². The Kier molecular flexibility index (Phi) is 3.83. The van der Waals surface area contributed by atoms with Crippen LogP contribution in [-0.4, -0.2) is 15.9 Å². The highest BCUT2D eigenvalue weighted by atomic mass is 35.5. The summed E-state index contributed by atoms with van der Waals surface area (Å²) in [5.74, 6) is 0.993. The fourth-order valence-corrected chi connectivity index (χ4v) is 2.38. The lowest BCUT2D eigenvalue weighted by molar-refractivity contribution is 0.102. The summed E-state index contributed by atoms with van der Waals surface area (Å²) in [5, 5.41) is 3.45. The summed E-state index contributed by atoms with van der Waals surface area (Å²) in [5.41, 5.74) is 1.58. The molecule has 0 saturated heterocycles. The van der Waals surface area contributed by atoms with Crippen molar-refractivity contribution in [3.63, 3.8) is 0 Å². The summed E-state index contributed by atoms with van der Waals surface area (Å²) in [6.45, 7) is 1.81. The molecule has 1 saturated carbocycles. The maximum atomic E-state index is 12.3. The number of hydrogen-bond acceptors (Lipinski definition) is 3. The van der Waals surface area contributed by atoms with E-state index in [9.17, 15) is 4.79 Å². The van der Waals surface area contributed by atoms with Gasteiger partial charge in [0.25, 0.3) is 5.91 Å². The third kappa shape index (κ3) is 3.01. The van der Waals surface area contributed by atoms with Crippen molar-refractivity contribution >= 4 is 34.8 Å². The van der Waals surface area contributed by atoms with Crippen molar-refractivity contribution in [3.8, 4) is 0 Å². The molecule has 1 amide bonds. The maximum absolute atomic E-state index is 12.3. The predicted molar refractivity (Wildman–Crippen MR) is 83.2 cm³/mol. The van der Waals surface area contributed by atoms with E-state index in [1.54, 1.807) is 24.4 Å². The molecule has 0 aliphatic heterocycles. The van der Waals surface area contributed by atoms with Gasteiger partial charge in [-0.15, -0.1) is 0 Å². The molecule has 1 aromatic carbocycles. The number of nitrogens with zero attached hydrogens (tertiary/aromatic N) is 2. The average molecular weight is 322 g/mol. The van der Waals surface area contributed by atoms with E-state index in [4.69, 9.17) is 23.2 Å². The first-order chi connectivity index (χ1) is 10.1. The molecule has 1 fully saturated rings. The van der Waals surface area contributed by atoms with Gasteiger partial charge in [-0.25, -0.2) is 9.97 Å². The van der Waals surface area contributed by atoms with E-state index < -0.39 is 0 Å². The Labute approximate surface area is 132 Å². The highest BCUT2D eigenvalue weighted by Gasteiger charge is 2.27. The van der Waals surface area contributed by atoms with E-state index >= 15 is 0 Å². The van der Waals surface area contributed by atoms with E-state index in [1.165, 1.54) is 0 Å². The van der Waals surface area contributed by atoms with Crippen LogP contribution in [0.25, 0.3) is 0 Å². The van der Waals surface area contributed by atoms with Gasteiger partial charge in [0.2, 0.25) is 0 Å². The smallest absolute Gasteiger partial charge is 0.259 e. The number of rotatable bonds is 3. The van der Waals surface area contributed by atoms with Crippen LogP contribution in [0.3, 0.4) is 0 Å². The second-order valence-electron chi connectivity index (χ2n) is 5.06. The van der Waals surface area contributed by atoms with Crippen LogP contribution in [0.15, 0.2) is 24.4 Å². The van der Waals surface area contributed by atoms with Crippen LogP contribution < -0.4 is 5.32 Å². The van der Waals surface area contributed by atoms with Crippen molar-refractivity contribution in [1.82, 2.24) is 9.97 Å². The lowest BCUT2D eigenvalue weighted by atomic mass is 10.2. The van der Waals surface area contributed by atoms with Crippen molar-refractivity contribution in [1.29, 1.82) is 0 Å². The molecule has 4 nitrogen and oxygen atoms in total. The molecule has 1 N–H and O–H groups in total. The number of halogens is 2. The molecule has 0 radical (unpaired) electrons. The highest BCUT2D eigenvalue weighted by molar-refractivity contribution is 6.44. The Morgan fingerprint density at radius 2 is 2.10 bits per heavy atom. The second-order valence-corrected chi connectivity index (χ2v) is 5.84. The fraction of sp³-hybridized carbons (Fsp3) is 0.267. The summed E-state index contributed by atoms with van der Waals surface area (Å²) >= 11 is 12.0. The molecule has 1 heterocycles. The molecule has 0 atom stereocenters. The molecule has 1 aliphatic rings. The number of nitrogens with one attached hydrogen (secondary N) is 1. The van der Waals surface area contributed by atoms with Crippen molar-refractivity contribution in [2.24, 2.45) is 0 Å². The summed E-state index contributed by atoms with van der Waals surface area (Å²) in [6, 6.07) is 5.09. The number of aryl methyl sites for hydroxylation is 1. The minimum absolute atomic E-state index is 0.293. The second kappa shape index (κ2) is 5.62. The zero-order chi connectivity index (χ0) is 15.0. The lowest BCUT2D eigenvalue weighted by Crippen LogP contribution is -2.15. The minimum Gasteiger partial charge on any atom is -0.320 e. The quantitative estimate of drug-likeness (QED) is 0.920. The van der Waals surface area contributed by atoms with E-state index in [2.05, 4.69) is 15.3 Å². The van der Waals surface area contributed by atoms with Gasteiger partial charge in [0.1, 0.15) is 5.82 Å². The topological polar surface area (TPSA) is 54.9 Å². The lowest BCUT2D eigenvalue weighted by Gasteiger charge is -2.10. The Morgan fingerprint density at radius 3 is 2.76 bits per heavy atom. The van der Waals surface area contributed by atoms with Gasteiger partial charge in [0.15, 0.2) is 0 Å². The van der Waals surface area contributed by atoms with Gasteiger partial charge in [0.05, 0.1) is 27.0 Å². The molecule has 1 aromatic heterocycles. The zero-order valence-corrected chi connectivity index (χ0v) is 12.9. The summed E-state index contributed by atoms with van der Waals surface area (Å²) < 4.78 is 0. The van der Waals surface area contributed by atoms with Crippen LogP contribution >= 0.6 is 23.2 Å². The van der Waals surface area contributed by atoms with Crippen LogP contribution in [-0.2, 0) is 0 Å². The standard InChI is InChI=1S/C15H13Cl2N3O/c1-8-10(7-18-14(19-8)9-5-6-9)15(21)20-12-4-2-3-11(16)13(12)17/h2-4,7,9H,5-6H2,1H3,(H,20,21). The molecule has 21 heavy (non-hydrogen) atoms. The Hall–Kier alpha value is -1.65. The number of hydrogen-bond donors (Lipinski definition) is 1. The highest BCUT2D eigenvalue weighted by Crippen LogP contribution is 2.38. The molecule has 108 valence electrons. The Morgan fingerprint density at radius 1 is 1.33 bits per heavy atom. The van der Waals surface area contributed by atoms with Crippen LogP contribution in [0, 0.1) is 6.92 Å². The molecule has 0 unspecified atom stereocenters. The molecule has 3 rings (SSSR count). The monoisotopic (exact) mass is 321 g/mol. The van der Waals surface area contributed by atoms with E-state index in [0.29, 0.717) is 32.9 Å². The number of carbonyl (C=O) groups excluding carboxylic acids is 1. The van der Waals surface area contributed by atoms with Crippen LogP contribution in [0.5, 0.6) is 0 Å². The van der Waals surface area contributed by atoms with E-state index in [0.717, 1.165) is 18.7 Å². The normalized spacial score (nSPS) is 14.0. The molecule has 2 aromatic rings. The first kappa shape index (κ1) is 14.3. The molecule has 6 heteroatoms. The van der Waals surface area contributed by atoms with Gasteiger partial charge in [-0.1, -0.05) is 29.3 Å². The van der Waals surface area contributed by atoms with Crippen molar-refractivity contribution < 1.29 is 4.79 Å². The molecule has 1 aliphatic carbocycles. The maximum Gasteiger partial charge on any atom is 0.259 e. The van der Waals surface area contributed by atoms with Crippen molar-refractivity contribution in [2.75, 3.05) is 5.32 Å². The van der Waals surface area contributed by atoms with Crippen LogP contribution in [0.1, 0.15) is 40.6 Å². The third-order valence-corrected chi connectivity index (χ3v) is 4.20. The van der Waals surface area contributed by atoms with Crippen molar-refractivity contribution in [3.05, 3.63) is 51.5 Å². The molecule has 0 bridgehead atoms. The minimum atomic E-state index is -0.293. The number of benzene rings is 1. The number of aromatic nitrogens is 2. The van der Waals surface area contributed by atoms with Gasteiger partial charge in [0, 0.05) is 12.1 Å². The predicted octanol–water partition coefficient (Wildman–Crippen LogP) is 4.22. The Balaban J connectivity index is 1.83. The summed E-state index contributed by atoms with van der Waals surface area (Å²) in [4.78, 5) is 21.0. The van der Waals surface area contributed by atoms with Gasteiger partial charge in [-0.05, 0) is 31.9 Å². The van der Waals surface area contributed by atoms with E-state index in [-0.39, 0.29) is 5.91 Å². The van der Waals surface area contributed by atoms with Gasteiger partial charge in [-0.2, -0.15) is 0 Å². The molecular weight excluding hydrogens is 309 g/mol. The van der Waals surface area contributed by atoms with E-state index in [1.807, 2.05) is 6.92 Å². The number of anilines is 1. The molecular formula is C15H13Cl2N3O. The number of carbonyl (C=O) groups is 1. The molecule has 0 spiro atoms. The largest absolute Gasteiger partial charge is 0.320 e. The first-order valence-corrected chi connectivity index (χ1v) is 7.40. The van der Waals surface area contributed by atoms with Crippen LogP contribution in [0.4, 0.5) is 5.69 Å². The summed E-state index contributed by atoms with van der Waals surface area (Å²) in [6.07, 6.45) is 3.83. The van der Waals surface area contributed by atoms with Gasteiger partial charge < -0.3 is 5.32 Å². The average Bonchev–Trinajstić information content (AvgIpc) is 3.28.